The summed E-state index contributed by atoms with van der Waals surface area (Å²) in [5.74, 6) is 1.24. The summed E-state index contributed by atoms with van der Waals surface area (Å²) in [6.45, 7) is 0.733. The first-order valence-corrected chi connectivity index (χ1v) is 9.97. The maximum Gasteiger partial charge on any atom is 0.174 e. The third kappa shape index (κ3) is 4.45. The molecule has 1 aliphatic carbocycles. The standard InChI is InChI=1S/C24H23ClNO3.ClH/c1-28-22-13-18-12-19(24(27)20(18)14-23(22)29-2)11-16-7-9-26(10-8-16)15-17-5-3-4-6-21(17)25;/h3-7,9-11,13-14,19H,8,12,15H2,1-2H3;1H/q+1;/p-1. The first kappa shape index (κ1) is 22.1. The molecule has 2 aromatic carbocycles. The normalized spacial score (nSPS) is 18.6. The Morgan fingerprint density at radius 2 is 1.90 bits per heavy atom. The van der Waals surface area contributed by atoms with E-state index in [2.05, 4.69) is 22.9 Å². The van der Waals surface area contributed by atoms with Crippen LogP contribution >= 0.6 is 11.6 Å². The van der Waals surface area contributed by atoms with Crippen LogP contribution in [0.25, 0.3) is 0 Å². The van der Waals surface area contributed by atoms with Crippen LogP contribution in [0.4, 0.5) is 0 Å². The molecule has 6 heteroatoms. The highest BCUT2D eigenvalue weighted by molar-refractivity contribution is 6.31. The van der Waals surface area contributed by atoms with Gasteiger partial charge in [-0.2, -0.15) is 0 Å². The molecule has 2 aromatic rings. The molecule has 2 aliphatic rings. The molecule has 0 saturated carbocycles. The zero-order valence-electron chi connectivity index (χ0n) is 16.9. The van der Waals surface area contributed by atoms with Crippen molar-refractivity contribution in [1.29, 1.82) is 0 Å². The summed E-state index contributed by atoms with van der Waals surface area (Å²) in [6.07, 6.45) is 9.81. The third-order valence-corrected chi connectivity index (χ3v) is 5.79. The third-order valence-electron chi connectivity index (χ3n) is 5.42. The van der Waals surface area contributed by atoms with Crippen LogP contribution in [-0.2, 0) is 13.0 Å². The van der Waals surface area contributed by atoms with E-state index < -0.39 is 0 Å². The summed E-state index contributed by atoms with van der Waals surface area (Å²) in [5, 5.41) is 0.774. The van der Waals surface area contributed by atoms with Gasteiger partial charge < -0.3 is 21.9 Å². The number of methoxy groups -OCH3 is 2. The molecule has 156 valence electrons. The number of fused-ring (bicyclic) bond motifs is 1. The van der Waals surface area contributed by atoms with E-state index in [1.165, 1.54) is 0 Å². The van der Waals surface area contributed by atoms with Gasteiger partial charge in [0.05, 0.1) is 25.7 Å². The quantitative estimate of drug-likeness (QED) is 0.661. The minimum Gasteiger partial charge on any atom is -1.00 e. The van der Waals surface area contributed by atoms with E-state index in [4.69, 9.17) is 21.1 Å². The number of rotatable bonds is 5. The van der Waals surface area contributed by atoms with Gasteiger partial charge in [-0.15, -0.1) is 0 Å². The summed E-state index contributed by atoms with van der Waals surface area (Å²) in [4.78, 5) is 12.9. The molecule has 1 atom stereocenters. The van der Waals surface area contributed by atoms with Crippen LogP contribution in [0.1, 0.15) is 27.9 Å². The Morgan fingerprint density at radius 3 is 2.57 bits per heavy atom. The van der Waals surface area contributed by atoms with Crippen molar-refractivity contribution in [2.24, 2.45) is 5.92 Å². The molecule has 4 nitrogen and oxygen atoms in total. The van der Waals surface area contributed by atoms with E-state index in [0.29, 0.717) is 17.9 Å². The molecular weight excluding hydrogens is 421 g/mol. The average molecular weight is 444 g/mol. The number of halogens is 2. The molecule has 0 N–H and O–H groups in total. The summed E-state index contributed by atoms with van der Waals surface area (Å²) >= 11 is 6.26. The summed E-state index contributed by atoms with van der Waals surface area (Å²) in [6, 6.07) is 11.6. The monoisotopic (exact) mass is 443 g/mol. The zero-order chi connectivity index (χ0) is 20.4. The van der Waals surface area contributed by atoms with Gasteiger partial charge in [-0.3, -0.25) is 4.79 Å². The number of Topliss-reactive ketones (excluding diaryl/α,β-unsaturated/α-hetero) is 1. The molecule has 1 heterocycles. The molecule has 4 rings (SSSR count). The molecule has 0 fully saturated rings. The Labute approximate surface area is 187 Å². The largest absolute Gasteiger partial charge is 1.00 e. The van der Waals surface area contributed by atoms with E-state index in [9.17, 15) is 4.79 Å². The van der Waals surface area contributed by atoms with Crippen molar-refractivity contribution in [3.05, 3.63) is 82.0 Å². The number of allylic oxidation sites excluding steroid dienone is 3. The van der Waals surface area contributed by atoms with Gasteiger partial charge in [-0.25, -0.2) is 4.58 Å². The lowest BCUT2D eigenvalue weighted by molar-refractivity contribution is -0.471. The Bertz CT molecular complexity index is 1060. The Morgan fingerprint density at radius 1 is 1.17 bits per heavy atom. The van der Waals surface area contributed by atoms with Crippen LogP contribution in [0.2, 0.25) is 5.02 Å². The van der Waals surface area contributed by atoms with Crippen LogP contribution in [0.15, 0.2) is 60.3 Å². The molecule has 0 saturated heterocycles. The fourth-order valence-electron chi connectivity index (χ4n) is 3.85. The number of benzene rings is 2. The average Bonchev–Trinajstić information content (AvgIpc) is 3.04. The first-order chi connectivity index (χ1) is 14.1. The predicted molar refractivity (Wildman–Crippen MR) is 114 cm³/mol. The van der Waals surface area contributed by atoms with Crippen LogP contribution < -0.4 is 21.9 Å². The van der Waals surface area contributed by atoms with Crippen molar-refractivity contribution < 1.29 is 31.3 Å². The molecule has 0 radical (unpaired) electrons. The summed E-state index contributed by atoms with van der Waals surface area (Å²) < 4.78 is 12.8. The van der Waals surface area contributed by atoms with E-state index in [1.54, 1.807) is 20.3 Å². The minimum absolute atomic E-state index is 0. The molecular formula is C24H23Cl2NO3. The SMILES string of the molecule is COc1cc2c(cc1OC)C(=O)C(C=C1C=C[N+](Cc3ccccc3Cl)=CC1)C2.[Cl-]. The van der Waals surface area contributed by atoms with Crippen LogP contribution in [-0.4, -0.2) is 30.8 Å². The van der Waals surface area contributed by atoms with E-state index in [-0.39, 0.29) is 24.1 Å². The Balaban J connectivity index is 0.00000256. The van der Waals surface area contributed by atoms with Crippen molar-refractivity contribution in [2.45, 2.75) is 19.4 Å². The number of carbonyl (C=O) groups is 1. The lowest BCUT2D eigenvalue weighted by atomic mass is 9.99. The number of ketones is 1. The topological polar surface area (TPSA) is 38.5 Å². The smallest absolute Gasteiger partial charge is 0.174 e. The molecule has 0 aromatic heterocycles. The van der Waals surface area contributed by atoms with E-state index in [0.717, 1.165) is 40.3 Å². The van der Waals surface area contributed by atoms with E-state index in [1.807, 2.05) is 36.5 Å². The highest BCUT2D eigenvalue weighted by Crippen LogP contribution is 2.37. The maximum absolute atomic E-state index is 12.9. The number of nitrogens with zero attached hydrogens (tertiary/aromatic N) is 1. The number of ether oxygens (including phenoxy) is 2. The second kappa shape index (κ2) is 9.50. The molecule has 0 amide bonds. The van der Waals surface area contributed by atoms with Crippen molar-refractivity contribution in [3.8, 4) is 11.5 Å². The first-order valence-electron chi connectivity index (χ1n) is 9.59. The van der Waals surface area contributed by atoms with Gasteiger partial charge in [0, 0.05) is 23.1 Å². The molecule has 1 unspecified atom stereocenters. The summed E-state index contributed by atoms with van der Waals surface area (Å²) in [7, 11) is 3.19. The highest BCUT2D eigenvalue weighted by Gasteiger charge is 2.31. The van der Waals surface area contributed by atoms with Gasteiger partial charge >= 0.3 is 0 Å². The predicted octanol–water partition coefficient (Wildman–Crippen LogP) is 1.84. The molecule has 30 heavy (non-hydrogen) atoms. The lowest BCUT2D eigenvalue weighted by Crippen LogP contribution is -3.00. The second-order valence-electron chi connectivity index (χ2n) is 7.25. The van der Waals surface area contributed by atoms with Crippen LogP contribution in [0, 0.1) is 5.92 Å². The van der Waals surface area contributed by atoms with Gasteiger partial charge in [-0.05, 0) is 35.8 Å². The van der Waals surface area contributed by atoms with Gasteiger partial charge in [0.15, 0.2) is 30.0 Å². The number of hydrogen-bond acceptors (Lipinski definition) is 3. The molecule has 0 bridgehead atoms. The van der Waals surface area contributed by atoms with Crippen molar-refractivity contribution in [1.82, 2.24) is 0 Å². The Kier molecular flexibility index (Phi) is 7.01. The Hall–Kier alpha value is -2.56. The van der Waals surface area contributed by atoms with Crippen molar-refractivity contribution in [3.63, 3.8) is 0 Å². The van der Waals surface area contributed by atoms with Gasteiger partial charge in [0.25, 0.3) is 0 Å². The van der Waals surface area contributed by atoms with Crippen molar-refractivity contribution >= 4 is 23.6 Å². The fourth-order valence-corrected chi connectivity index (χ4v) is 4.04. The number of hydrogen-bond donors (Lipinski definition) is 0. The van der Waals surface area contributed by atoms with Gasteiger partial charge in [0.2, 0.25) is 0 Å². The fraction of sp³-hybridized carbons (Fsp3) is 0.250. The highest BCUT2D eigenvalue weighted by atomic mass is 35.5. The second-order valence-corrected chi connectivity index (χ2v) is 7.65. The molecule has 0 spiro atoms. The maximum atomic E-state index is 12.9. The van der Waals surface area contributed by atoms with Crippen LogP contribution in [0.3, 0.4) is 0 Å². The lowest BCUT2D eigenvalue weighted by Gasteiger charge is -2.09. The van der Waals surface area contributed by atoms with Gasteiger partial charge in [-0.1, -0.05) is 35.9 Å². The van der Waals surface area contributed by atoms with Crippen LogP contribution in [0.5, 0.6) is 11.5 Å². The van der Waals surface area contributed by atoms with Crippen molar-refractivity contribution in [2.75, 3.05) is 14.2 Å². The van der Waals surface area contributed by atoms with E-state index >= 15 is 0 Å². The number of carbonyl (C=O) groups excluding carboxylic acids is 1. The summed E-state index contributed by atoms with van der Waals surface area (Å²) in [5.41, 5.74) is 3.98. The zero-order valence-corrected chi connectivity index (χ0v) is 18.4. The molecule has 1 aliphatic heterocycles. The van der Waals surface area contributed by atoms with Gasteiger partial charge in [0.1, 0.15) is 6.21 Å². The minimum atomic E-state index is -0.148.